The summed E-state index contributed by atoms with van der Waals surface area (Å²) in [7, 11) is 1.30. The average Bonchev–Trinajstić information content (AvgIpc) is 2.35. The van der Waals surface area contributed by atoms with Crippen LogP contribution >= 0.6 is 15.9 Å². The number of rotatable bonds is 4. The largest absolute Gasteiger partial charge is 0.482 e. The number of hydrogen-bond acceptors (Lipinski definition) is 4. The zero-order chi connectivity index (χ0) is 12.0. The second-order valence-electron chi connectivity index (χ2n) is 2.93. The van der Waals surface area contributed by atoms with E-state index in [9.17, 15) is 4.79 Å². The normalized spacial score (nSPS) is 9.31. The van der Waals surface area contributed by atoms with Gasteiger partial charge in [-0.15, -0.1) is 0 Å². The minimum absolute atomic E-state index is 0.137. The number of ether oxygens (including phenoxy) is 2. The Balaban J connectivity index is 2.80. The quantitative estimate of drug-likeness (QED) is 0.626. The van der Waals surface area contributed by atoms with E-state index in [0.717, 1.165) is 5.56 Å². The van der Waals surface area contributed by atoms with E-state index in [1.807, 2.05) is 6.07 Å². The molecule has 1 aromatic carbocycles. The van der Waals surface area contributed by atoms with E-state index >= 15 is 0 Å². The Morgan fingerprint density at radius 1 is 1.56 bits per heavy atom. The van der Waals surface area contributed by atoms with Crippen molar-refractivity contribution < 1.29 is 14.3 Å². The van der Waals surface area contributed by atoms with Crippen molar-refractivity contribution in [2.75, 3.05) is 13.7 Å². The molecule has 5 heteroatoms. The lowest BCUT2D eigenvalue weighted by molar-refractivity contribution is -0.142. The number of nitriles is 1. The zero-order valence-electron chi connectivity index (χ0n) is 8.70. The van der Waals surface area contributed by atoms with Crippen molar-refractivity contribution in [1.82, 2.24) is 0 Å². The van der Waals surface area contributed by atoms with Crippen LogP contribution in [0.1, 0.15) is 11.1 Å². The lowest BCUT2D eigenvalue weighted by Gasteiger charge is -2.08. The Hall–Kier alpha value is -1.54. The number of hydrogen-bond donors (Lipinski definition) is 0. The highest BCUT2D eigenvalue weighted by molar-refractivity contribution is 9.08. The van der Waals surface area contributed by atoms with Gasteiger partial charge < -0.3 is 9.47 Å². The molecule has 0 spiro atoms. The van der Waals surface area contributed by atoms with Crippen molar-refractivity contribution in [2.24, 2.45) is 0 Å². The molecule has 0 atom stereocenters. The molecule has 4 nitrogen and oxygen atoms in total. The maximum atomic E-state index is 10.9. The Bertz CT molecular complexity index is 426. The second-order valence-corrected chi connectivity index (χ2v) is 3.49. The molecule has 0 aliphatic carbocycles. The van der Waals surface area contributed by atoms with Crippen LogP contribution in [0, 0.1) is 11.3 Å². The molecule has 1 rings (SSSR count). The number of benzene rings is 1. The Labute approximate surface area is 102 Å². The molecule has 0 fully saturated rings. The molecule has 0 amide bonds. The number of nitrogens with zero attached hydrogens (tertiary/aromatic N) is 1. The van der Waals surface area contributed by atoms with Gasteiger partial charge in [-0.2, -0.15) is 5.26 Å². The van der Waals surface area contributed by atoms with Gasteiger partial charge >= 0.3 is 5.97 Å². The molecule has 84 valence electrons. The van der Waals surface area contributed by atoms with Crippen LogP contribution in [0.3, 0.4) is 0 Å². The molecule has 16 heavy (non-hydrogen) atoms. The molecule has 0 N–H and O–H groups in total. The van der Waals surface area contributed by atoms with Crippen LogP contribution in [0.15, 0.2) is 18.2 Å². The molecular formula is C11H10BrNO3. The highest BCUT2D eigenvalue weighted by Gasteiger charge is 2.07. The summed E-state index contributed by atoms with van der Waals surface area (Å²) in [6, 6.07) is 7.05. The highest BCUT2D eigenvalue weighted by Crippen LogP contribution is 2.22. The van der Waals surface area contributed by atoms with Crippen LogP contribution in [0.4, 0.5) is 0 Å². The first-order valence-electron chi connectivity index (χ1n) is 4.50. The van der Waals surface area contributed by atoms with Crippen molar-refractivity contribution in [3.63, 3.8) is 0 Å². The van der Waals surface area contributed by atoms with E-state index in [-0.39, 0.29) is 6.61 Å². The van der Waals surface area contributed by atoms with E-state index < -0.39 is 5.97 Å². The number of alkyl halides is 1. The van der Waals surface area contributed by atoms with Crippen molar-refractivity contribution in [3.8, 4) is 11.8 Å². The standard InChI is InChI=1S/C11H10BrNO3/c1-15-11(14)7-16-10-3-2-8(6-13)4-9(10)5-12/h2-4H,5,7H2,1H3. The molecular weight excluding hydrogens is 274 g/mol. The number of carbonyl (C=O) groups is 1. The van der Waals surface area contributed by atoms with Gasteiger partial charge in [-0.1, -0.05) is 15.9 Å². The predicted molar refractivity (Wildman–Crippen MR) is 61.3 cm³/mol. The average molecular weight is 284 g/mol. The van der Waals surface area contributed by atoms with Crippen LogP contribution in [0.2, 0.25) is 0 Å². The fraction of sp³-hybridized carbons (Fsp3) is 0.273. The lowest BCUT2D eigenvalue weighted by Crippen LogP contribution is -2.13. The monoisotopic (exact) mass is 283 g/mol. The topological polar surface area (TPSA) is 59.3 Å². The van der Waals surface area contributed by atoms with E-state index in [2.05, 4.69) is 20.7 Å². The first-order valence-corrected chi connectivity index (χ1v) is 5.62. The van der Waals surface area contributed by atoms with Crippen LogP contribution in [0.5, 0.6) is 5.75 Å². The summed E-state index contributed by atoms with van der Waals surface area (Å²) in [6.45, 7) is -0.137. The van der Waals surface area contributed by atoms with E-state index in [0.29, 0.717) is 16.6 Å². The first kappa shape index (κ1) is 12.5. The molecule has 0 aliphatic rings. The minimum atomic E-state index is -0.440. The third-order valence-corrected chi connectivity index (χ3v) is 2.51. The molecule has 1 aromatic rings. The van der Waals surface area contributed by atoms with Gasteiger partial charge in [0.2, 0.25) is 0 Å². The molecule has 0 bridgehead atoms. The molecule has 0 saturated carbocycles. The maximum absolute atomic E-state index is 10.9. The summed E-state index contributed by atoms with van der Waals surface area (Å²) in [5, 5.41) is 9.28. The second kappa shape index (κ2) is 6.13. The fourth-order valence-electron chi connectivity index (χ4n) is 1.09. The Morgan fingerprint density at radius 2 is 2.31 bits per heavy atom. The van der Waals surface area contributed by atoms with Crippen molar-refractivity contribution in [1.29, 1.82) is 5.26 Å². The summed E-state index contributed by atoms with van der Waals surface area (Å²) >= 11 is 3.29. The molecule has 0 heterocycles. The smallest absolute Gasteiger partial charge is 0.343 e. The number of esters is 1. The molecule has 0 aromatic heterocycles. The summed E-state index contributed by atoms with van der Waals surface area (Å²) in [6.07, 6.45) is 0. The van der Waals surface area contributed by atoms with Gasteiger partial charge in [0.05, 0.1) is 18.7 Å². The third-order valence-electron chi connectivity index (χ3n) is 1.91. The molecule has 0 radical (unpaired) electrons. The summed E-state index contributed by atoms with van der Waals surface area (Å²) in [5.41, 5.74) is 1.38. The molecule has 0 saturated heterocycles. The number of methoxy groups -OCH3 is 1. The van der Waals surface area contributed by atoms with Crippen molar-refractivity contribution >= 4 is 21.9 Å². The van der Waals surface area contributed by atoms with Gasteiger partial charge in [-0.25, -0.2) is 4.79 Å². The van der Waals surface area contributed by atoms with Gasteiger partial charge in [0.25, 0.3) is 0 Å². The fourth-order valence-corrected chi connectivity index (χ4v) is 1.53. The first-order chi connectivity index (χ1) is 7.71. The van der Waals surface area contributed by atoms with Gasteiger partial charge in [0.1, 0.15) is 5.75 Å². The van der Waals surface area contributed by atoms with Crippen LogP contribution in [0.25, 0.3) is 0 Å². The molecule has 0 unspecified atom stereocenters. The van der Waals surface area contributed by atoms with Gasteiger partial charge in [0, 0.05) is 10.9 Å². The Morgan fingerprint density at radius 3 is 2.88 bits per heavy atom. The summed E-state index contributed by atoms with van der Waals surface area (Å²) in [4.78, 5) is 10.9. The third kappa shape index (κ3) is 3.24. The van der Waals surface area contributed by atoms with Crippen LogP contribution in [-0.4, -0.2) is 19.7 Å². The van der Waals surface area contributed by atoms with Crippen molar-refractivity contribution in [2.45, 2.75) is 5.33 Å². The number of carbonyl (C=O) groups excluding carboxylic acids is 1. The van der Waals surface area contributed by atoms with Crippen LogP contribution < -0.4 is 4.74 Å². The predicted octanol–water partition coefficient (Wildman–Crippen LogP) is 2.00. The van der Waals surface area contributed by atoms with E-state index in [1.54, 1.807) is 18.2 Å². The minimum Gasteiger partial charge on any atom is -0.482 e. The maximum Gasteiger partial charge on any atom is 0.343 e. The van der Waals surface area contributed by atoms with Gasteiger partial charge in [0.15, 0.2) is 6.61 Å². The van der Waals surface area contributed by atoms with E-state index in [1.165, 1.54) is 7.11 Å². The van der Waals surface area contributed by atoms with E-state index in [4.69, 9.17) is 10.00 Å². The van der Waals surface area contributed by atoms with Gasteiger partial charge in [-0.3, -0.25) is 0 Å². The van der Waals surface area contributed by atoms with Crippen molar-refractivity contribution in [3.05, 3.63) is 29.3 Å². The van der Waals surface area contributed by atoms with Gasteiger partial charge in [-0.05, 0) is 18.2 Å². The SMILES string of the molecule is COC(=O)COc1ccc(C#N)cc1CBr. The Kier molecular flexibility index (Phi) is 4.80. The lowest BCUT2D eigenvalue weighted by atomic mass is 10.1. The summed E-state index contributed by atoms with van der Waals surface area (Å²) < 4.78 is 9.73. The molecule has 0 aliphatic heterocycles. The highest BCUT2D eigenvalue weighted by atomic mass is 79.9. The zero-order valence-corrected chi connectivity index (χ0v) is 10.3. The van der Waals surface area contributed by atoms with Crippen LogP contribution in [-0.2, 0) is 14.9 Å². The summed E-state index contributed by atoms with van der Waals surface area (Å²) in [5.74, 6) is 0.131. The number of halogens is 1.